The third kappa shape index (κ3) is 2.88. The van der Waals surface area contributed by atoms with Crippen molar-refractivity contribution < 1.29 is 13.9 Å². The summed E-state index contributed by atoms with van der Waals surface area (Å²) in [6, 6.07) is 8.25. The average molecular weight is 299 g/mol. The quantitative estimate of drug-likeness (QED) is 0.787. The summed E-state index contributed by atoms with van der Waals surface area (Å²) in [6.07, 6.45) is 0. The van der Waals surface area contributed by atoms with Crippen LogP contribution in [0, 0.1) is 5.82 Å². The van der Waals surface area contributed by atoms with E-state index < -0.39 is 11.6 Å². The van der Waals surface area contributed by atoms with Crippen molar-refractivity contribution in [3.05, 3.63) is 63.4 Å². The highest BCUT2D eigenvalue weighted by Crippen LogP contribution is 2.27. The van der Waals surface area contributed by atoms with Crippen LogP contribution in [0.1, 0.15) is 15.9 Å². The summed E-state index contributed by atoms with van der Waals surface area (Å²) in [4.78, 5) is 12.4. The summed E-state index contributed by atoms with van der Waals surface area (Å²) in [5.74, 6) is -0.686. The Kier molecular flexibility index (Phi) is 4.08. The number of rotatable bonds is 3. The molecule has 0 saturated carbocycles. The zero-order valence-electron chi connectivity index (χ0n) is 9.91. The summed E-state index contributed by atoms with van der Waals surface area (Å²) < 4.78 is 18.3. The molecule has 2 aromatic carbocycles. The molecule has 0 aliphatic heterocycles. The fourth-order valence-electron chi connectivity index (χ4n) is 1.67. The first-order chi connectivity index (χ1) is 9.02. The molecule has 0 N–H and O–H groups in total. The van der Waals surface area contributed by atoms with E-state index in [1.807, 2.05) is 0 Å². The van der Waals surface area contributed by atoms with Crippen molar-refractivity contribution in [1.29, 1.82) is 0 Å². The maximum Gasteiger partial charge on any atom is 0.198 e. The van der Waals surface area contributed by atoms with E-state index in [-0.39, 0.29) is 21.9 Å². The van der Waals surface area contributed by atoms with Gasteiger partial charge in [-0.15, -0.1) is 0 Å². The van der Waals surface area contributed by atoms with Crippen molar-refractivity contribution in [3.63, 3.8) is 0 Å². The fraction of sp³-hybridized carbons (Fsp3) is 0.0714. The van der Waals surface area contributed by atoms with Crippen molar-refractivity contribution in [1.82, 2.24) is 0 Å². The van der Waals surface area contributed by atoms with Gasteiger partial charge >= 0.3 is 0 Å². The van der Waals surface area contributed by atoms with E-state index in [2.05, 4.69) is 0 Å². The second-order valence-corrected chi connectivity index (χ2v) is 4.64. The largest absolute Gasteiger partial charge is 0.496 e. The first-order valence-corrected chi connectivity index (χ1v) is 6.12. The van der Waals surface area contributed by atoms with Crippen molar-refractivity contribution >= 4 is 29.0 Å². The highest BCUT2D eigenvalue weighted by Gasteiger charge is 2.18. The van der Waals surface area contributed by atoms with Crippen molar-refractivity contribution in [2.45, 2.75) is 0 Å². The molecule has 0 radical (unpaired) electrons. The van der Waals surface area contributed by atoms with Gasteiger partial charge < -0.3 is 4.74 Å². The second kappa shape index (κ2) is 5.59. The summed E-state index contributed by atoms with van der Waals surface area (Å²) in [5, 5.41) is 0.629. The third-order valence-corrected chi connectivity index (χ3v) is 3.14. The minimum atomic E-state index is -0.526. The van der Waals surface area contributed by atoms with E-state index in [9.17, 15) is 9.18 Å². The van der Waals surface area contributed by atoms with Crippen molar-refractivity contribution in [2.75, 3.05) is 7.11 Å². The van der Waals surface area contributed by atoms with Crippen molar-refractivity contribution in [3.8, 4) is 5.75 Å². The molecule has 2 nitrogen and oxygen atoms in total. The fourth-order valence-corrected chi connectivity index (χ4v) is 2.05. The minimum Gasteiger partial charge on any atom is -0.496 e. The van der Waals surface area contributed by atoms with E-state index in [4.69, 9.17) is 27.9 Å². The van der Waals surface area contributed by atoms with Gasteiger partial charge in [0, 0.05) is 10.6 Å². The van der Waals surface area contributed by atoms with Crippen LogP contribution in [0.5, 0.6) is 5.75 Å². The van der Waals surface area contributed by atoms with Crippen LogP contribution >= 0.6 is 23.2 Å². The van der Waals surface area contributed by atoms with Crippen LogP contribution in [0.4, 0.5) is 4.39 Å². The number of hydrogen-bond acceptors (Lipinski definition) is 2. The lowest BCUT2D eigenvalue weighted by Crippen LogP contribution is -2.05. The van der Waals surface area contributed by atoms with Gasteiger partial charge in [-0.2, -0.15) is 0 Å². The highest BCUT2D eigenvalue weighted by molar-refractivity contribution is 6.36. The molecule has 0 aliphatic carbocycles. The Labute approximate surface area is 119 Å². The number of benzene rings is 2. The Balaban J connectivity index is 2.55. The molecule has 2 aromatic rings. The Hall–Kier alpha value is -1.58. The standard InChI is InChI=1S/C14H9Cl2FO2/c1-19-13-5-3-9(17)7-11(13)14(18)10-6-8(15)2-4-12(10)16/h2-7H,1H3. The topological polar surface area (TPSA) is 26.3 Å². The van der Waals surface area contributed by atoms with Gasteiger partial charge in [0.2, 0.25) is 0 Å². The molecule has 2 rings (SSSR count). The first kappa shape index (κ1) is 13.8. The SMILES string of the molecule is COc1ccc(F)cc1C(=O)c1cc(Cl)ccc1Cl. The molecular formula is C14H9Cl2FO2. The van der Waals surface area contributed by atoms with Gasteiger partial charge in [-0.05, 0) is 36.4 Å². The Bertz CT molecular complexity index is 641. The van der Waals surface area contributed by atoms with E-state index in [1.165, 1.54) is 31.4 Å². The Morgan fingerprint density at radius 1 is 1.11 bits per heavy atom. The van der Waals surface area contributed by atoms with Gasteiger partial charge in [0.05, 0.1) is 17.7 Å². The van der Waals surface area contributed by atoms with Crippen LogP contribution in [0.3, 0.4) is 0 Å². The van der Waals surface area contributed by atoms with Gasteiger partial charge in [0.1, 0.15) is 11.6 Å². The third-order valence-electron chi connectivity index (χ3n) is 2.58. The van der Waals surface area contributed by atoms with Gasteiger partial charge in [-0.25, -0.2) is 4.39 Å². The van der Waals surface area contributed by atoms with E-state index in [1.54, 1.807) is 6.07 Å². The highest BCUT2D eigenvalue weighted by atomic mass is 35.5. The Morgan fingerprint density at radius 2 is 1.84 bits per heavy atom. The minimum absolute atomic E-state index is 0.103. The molecular weight excluding hydrogens is 290 g/mol. The predicted octanol–water partition coefficient (Wildman–Crippen LogP) is 4.37. The summed E-state index contributed by atoms with van der Waals surface area (Å²) >= 11 is 11.8. The van der Waals surface area contributed by atoms with Crippen LogP contribution < -0.4 is 4.74 Å². The Morgan fingerprint density at radius 3 is 2.53 bits per heavy atom. The van der Waals surface area contributed by atoms with Crippen LogP contribution in [0.15, 0.2) is 36.4 Å². The molecule has 0 amide bonds. The number of ketones is 1. The van der Waals surface area contributed by atoms with Crippen LogP contribution in [-0.2, 0) is 0 Å². The molecule has 5 heteroatoms. The van der Waals surface area contributed by atoms with Crippen LogP contribution in [0.2, 0.25) is 10.0 Å². The molecule has 0 saturated heterocycles. The monoisotopic (exact) mass is 298 g/mol. The lowest BCUT2D eigenvalue weighted by atomic mass is 10.0. The van der Waals surface area contributed by atoms with E-state index in [0.29, 0.717) is 5.02 Å². The average Bonchev–Trinajstić information content (AvgIpc) is 2.40. The number of hydrogen-bond donors (Lipinski definition) is 0. The predicted molar refractivity (Wildman–Crippen MR) is 72.8 cm³/mol. The number of methoxy groups -OCH3 is 1. The molecule has 98 valence electrons. The van der Waals surface area contributed by atoms with E-state index in [0.717, 1.165) is 6.07 Å². The zero-order chi connectivity index (χ0) is 14.0. The molecule has 0 bridgehead atoms. The van der Waals surface area contributed by atoms with Crippen LogP contribution in [-0.4, -0.2) is 12.9 Å². The first-order valence-electron chi connectivity index (χ1n) is 5.36. The van der Waals surface area contributed by atoms with Crippen LogP contribution in [0.25, 0.3) is 0 Å². The summed E-state index contributed by atoms with van der Waals surface area (Å²) in [6.45, 7) is 0. The zero-order valence-corrected chi connectivity index (χ0v) is 11.4. The molecule has 19 heavy (non-hydrogen) atoms. The normalized spacial score (nSPS) is 10.3. The molecule has 0 aromatic heterocycles. The molecule has 0 aliphatic rings. The maximum atomic E-state index is 13.3. The lowest BCUT2D eigenvalue weighted by Gasteiger charge is -2.09. The molecule has 0 spiro atoms. The number of carbonyl (C=O) groups is 1. The van der Waals surface area contributed by atoms with Crippen molar-refractivity contribution in [2.24, 2.45) is 0 Å². The number of ether oxygens (including phenoxy) is 1. The second-order valence-electron chi connectivity index (χ2n) is 3.80. The lowest BCUT2D eigenvalue weighted by molar-refractivity contribution is 0.103. The smallest absolute Gasteiger partial charge is 0.198 e. The molecule has 0 atom stereocenters. The van der Waals surface area contributed by atoms with E-state index >= 15 is 0 Å². The number of carbonyl (C=O) groups excluding carboxylic acids is 1. The molecule has 0 heterocycles. The maximum absolute atomic E-state index is 13.3. The van der Waals surface area contributed by atoms with Gasteiger partial charge in [0.25, 0.3) is 0 Å². The number of halogens is 3. The van der Waals surface area contributed by atoms with Gasteiger partial charge in [0.15, 0.2) is 5.78 Å². The molecule has 0 fully saturated rings. The summed E-state index contributed by atoms with van der Waals surface area (Å²) in [5.41, 5.74) is 0.310. The van der Waals surface area contributed by atoms with Gasteiger partial charge in [-0.1, -0.05) is 23.2 Å². The van der Waals surface area contributed by atoms with Gasteiger partial charge in [-0.3, -0.25) is 4.79 Å². The summed E-state index contributed by atoms with van der Waals surface area (Å²) in [7, 11) is 1.41. The molecule has 0 unspecified atom stereocenters.